The number of nitrogens with zero attached hydrogens (tertiary/aromatic N) is 1. The first-order valence-electron chi connectivity index (χ1n) is 8.20. The molecule has 0 aliphatic carbocycles. The second-order valence-electron chi connectivity index (χ2n) is 5.62. The highest BCUT2D eigenvalue weighted by Crippen LogP contribution is 2.26. The number of nitrogens with one attached hydrogen (secondary N) is 2. The zero-order chi connectivity index (χ0) is 16.5. The van der Waals surface area contributed by atoms with Crippen molar-refractivity contribution in [2.75, 3.05) is 31.2 Å². The fourth-order valence-electron chi connectivity index (χ4n) is 2.42. The van der Waals surface area contributed by atoms with Gasteiger partial charge in [0.1, 0.15) is 5.75 Å². The first-order chi connectivity index (χ1) is 11.2. The Kier molecular flexibility index (Phi) is 9.84. The number of aliphatic imine (C=N–C) groups is 1. The third kappa shape index (κ3) is 6.68. The fraction of sp³-hybridized carbons (Fsp3) is 0.588. The minimum Gasteiger partial charge on any atom is -0.494 e. The number of thioether (sulfide) groups is 1. The van der Waals surface area contributed by atoms with Crippen LogP contribution < -0.4 is 15.4 Å². The summed E-state index contributed by atoms with van der Waals surface area (Å²) < 4.78 is 5.63. The first kappa shape index (κ1) is 21.4. The van der Waals surface area contributed by atoms with Gasteiger partial charge in [-0.25, -0.2) is 4.99 Å². The molecule has 1 saturated heterocycles. The number of aliphatic hydroxyl groups is 1. The van der Waals surface area contributed by atoms with E-state index in [0.717, 1.165) is 41.7 Å². The summed E-state index contributed by atoms with van der Waals surface area (Å²) in [5.74, 6) is 3.41. The van der Waals surface area contributed by atoms with Crippen LogP contribution in [-0.2, 0) is 6.54 Å². The van der Waals surface area contributed by atoms with E-state index in [1.54, 1.807) is 11.8 Å². The number of hydrogen-bond donors (Lipinski definition) is 3. The van der Waals surface area contributed by atoms with Gasteiger partial charge in [0.25, 0.3) is 0 Å². The van der Waals surface area contributed by atoms with Crippen molar-refractivity contribution in [1.29, 1.82) is 0 Å². The number of halogens is 1. The summed E-state index contributed by atoms with van der Waals surface area (Å²) in [7, 11) is 0. The molecule has 1 heterocycles. The molecule has 2 rings (SSSR count). The van der Waals surface area contributed by atoms with Crippen LogP contribution in [0.5, 0.6) is 5.75 Å². The third-order valence-electron chi connectivity index (χ3n) is 3.69. The molecule has 0 radical (unpaired) electrons. The fourth-order valence-corrected chi connectivity index (χ4v) is 3.72. The molecule has 0 bridgehead atoms. The normalized spacial score (nSPS) is 20.4. The summed E-state index contributed by atoms with van der Waals surface area (Å²) in [4.78, 5) is 4.62. The SMILES string of the molecule is CCNC(=NCc1ccccc1OCC)NCC1(O)CCSC1.I. The maximum absolute atomic E-state index is 10.4. The Labute approximate surface area is 166 Å². The molecule has 0 aromatic heterocycles. The standard InChI is InChI=1S/C17H27N3O2S.HI/c1-3-18-16(20-12-17(21)9-10-23-13-17)19-11-14-7-5-6-8-15(14)22-4-2;/h5-8,21H,3-4,9-13H2,1-2H3,(H2,18,19,20);1H. The van der Waals surface area contributed by atoms with Crippen molar-refractivity contribution >= 4 is 41.7 Å². The van der Waals surface area contributed by atoms with E-state index in [1.165, 1.54) is 0 Å². The average Bonchev–Trinajstić information content (AvgIpc) is 2.99. The smallest absolute Gasteiger partial charge is 0.191 e. The van der Waals surface area contributed by atoms with Gasteiger partial charge in [-0.3, -0.25) is 0 Å². The molecule has 136 valence electrons. The van der Waals surface area contributed by atoms with Crippen LogP contribution in [0.2, 0.25) is 0 Å². The van der Waals surface area contributed by atoms with Crippen LogP contribution in [-0.4, -0.2) is 47.9 Å². The quantitative estimate of drug-likeness (QED) is 0.328. The van der Waals surface area contributed by atoms with Crippen molar-refractivity contribution in [2.45, 2.75) is 32.4 Å². The molecule has 1 aromatic carbocycles. The molecule has 1 unspecified atom stereocenters. The number of benzene rings is 1. The zero-order valence-corrected chi connectivity index (χ0v) is 17.5. The van der Waals surface area contributed by atoms with Crippen LogP contribution in [0.4, 0.5) is 0 Å². The van der Waals surface area contributed by atoms with Crippen molar-refractivity contribution < 1.29 is 9.84 Å². The Balaban J connectivity index is 0.00000288. The minimum atomic E-state index is -0.621. The van der Waals surface area contributed by atoms with E-state index in [4.69, 9.17) is 4.74 Å². The Hall–Kier alpha value is -0.670. The van der Waals surface area contributed by atoms with Gasteiger partial charge < -0.3 is 20.5 Å². The molecule has 0 saturated carbocycles. The number of guanidine groups is 1. The summed E-state index contributed by atoms with van der Waals surface area (Å²) in [6.07, 6.45) is 0.831. The van der Waals surface area contributed by atoms with Crippen LogP contribution in [0.3, 0.4) is 0 Å². The van der Waals surface area contributed by atoms with E-state index in [0.29, 0.717) is 19.7 Å². The molecule has 1 aromatic rings. The predicted octanol–water partition coefficient (Wildman–Crippen LogP) is 2.63. The third-order valence-corrected chi connectivity index (χ3v) is 4.93. The van der Waals surface area contributed by atoms with Gasteiger partial charge in [-0.2, -0.15) is 11.8 Å². The molecular weight excluding hydrogens is 437 g/mol. The highest BCUT2D eigenvalue weighted by molar-refractivity contribution is 14.0. The monoisotopic (exact) mass is 465 g/mol. The highest BCUT2D eigenvalue weighted by Gasteiger charge is 2.31. The molecule has 0 amide bonds. The lowest BCUT2D eigenvalue weighted by Gasteiger charge is -2.23. The van der Waals surface area contributed by atoms with Crippen LogP contribution >= 0.6 is 35.7 Å². The predicted molar refractivity (Wildman–Crippen MR) is 113 cm³/mol. The summed E-state index contributed by atoms with van der Waals surface area (Å²) in [6, 6.07) is 7.95. The molecule has 5 nitrogen and oxygen atoms in total. The van der Waals surface area contributed by atoms with Crippen LogP contribution in [0.1, 0.15) is 25.8 Å². The second-order valence-corrected chi connectivity index (χ2v) is 6.72. The van der Waals surface area contributed by atoms with Gasteiger partial charge in [0.15, 0.2) is 5.96 Å². The lowest BCUT2D eigenvalue weighted by atomic mass is 10.0. The molecule has 3 N–H and O–H groups in total. The van der Waals surface area contributed by atoms with E-state index in [2.05, 4.69) is 15.6 Å². The molecule has 1 fully saturated rings. The largest absolute Gasteiger partial charge is 0.494 e. The molecular formula is C17H28IN3O2S. The van der Waals surface area contributed by atoms with Gasteiger partial charge in [0.2, 0.25) is 0 Å². The Morgan fingerprint density at radius 1 is 1.33 bits per heavy atom. The maximum Gasteiger partial charge on any atom is 0.191 e. The van der Waals surface area contributed by atoms with E-state index < -0.39 is 5.60 Å². The van der Waals surface area contributed by atoms with Crippen molar-refractivity contribution in [3.05, 3.63) is 29.8 Å². The molecule has 1 atom stereocenters. The molecule has 1 aliphatic heterocycles. The Bertz CT molecular complexity index is 522. The van der Waals surface area contributed by atoms with E-state index in [1.807, 2.05) is 38.1 Å². The molecule has 7 heteroatoms. The summed E-state index contributed by atoms with van der Waals surface area (Å²) in [6.45, 7) is 6.50. The minimum absolute atomic E-state index is 0. The zero-order valence-electron chi connectivity index (χ0n) is 14.4. The highest BCUT2D eigenvalue weighted by atomic mass is 127. The summed E-state index contributed by atoms with van der Waals surface area (Å²) in [5.41, 5.74) is 0.436. The van der Waals surface area contributed by atoms with E-state index in [-0.39, 0.29) is 24.0 Å². The van der Waals surface area contributed by atoms with Crippen molar-refractivity contribution in [3.8, 4) is 5.75 Å². The molecule has 24 heavy (non-hydrogen) atoms. The average molecular weight is 465 g/mol. The van der Waals surface area contributed by atoms with Crippen molar-refractivity contribution in [2.24, 2.45) is 4.99 Å². The van der Waals surface area contributed by atoms with E-state index >= 15 is 0 Å². The van der Waals surface area contributed by atoms with Gasteiger partial charge in [-0.05, 0) is 32.1 Å². The van der Waals surface area contributed by atoms with Crippen molar-refractivity contribution in [3.63, 3.8) is 0 Å². The Morgan fingerprint density at radius 3 is 2.79 bits per heavy atom. The van der Waals surface area contributed by atoms with Crippen LogP contribution in [0.25, 0.3) is 0 Å². The van der Waals surface area contributed by atoms with Crippen molar-refractivity contribution in [1.82, 2.24) is 10.6 Å². The van der Waals surface area contributed by atoms with Crippen LogP contribution in [0.15, 0.2) is 29.3 Å². The number of para-hydroxylation sites is 1. The molecule has 1 aliphatic rings. The number of hydrogen-bond acceptors (Lipinski definition) is 4. The molecule has 0 spiro atoms. The van der Waals surface area contributed by atoms with Gasteiger partial charge in [0.05, 0.1) is 18.8 Å². The maximum atomic E-state index is 10.4. The topological polar surface area (TPSA) is 65.9 Å². The first-order valence-corrected chi connectivity index (χ1v) is 9.35. The van der Waals surface area contributed by atoms with Gasteiger partial charge in [-0.15, -0.1) is 24.0 Å². The van der Waals surface area contributed by atoms with Gasteiger partial charge in [-0.1, -0.05) is 18.2 Å². The second kappa shape index (κ2) is 11.0. The van der Waals surface area contributed by atoms with Gasteiger partial charge >= 0.3 is 0 Å². The lowest BCUT2D eigenvalue weighted by molar-refractivity contribution is 0.0724. The lowest BCUT2D eigenvalue weighted by Crippen LogP contribution is -2.47. The number of rotatable bonds is 7. The van der Waals surface area contributed by atoms with E-state index in [9.17, 15) is 5.11 Å². The number of ether oxygens (including phenoxy) is 1. The van der Waals surface area contributed by atoms with Gasteiger partial charge in [0, 0.05) is 24.4 Å². The Morgan fingerprint density at radius 2 is 2.12 bits per heavy atom. The summed E-state index contributed by atoms with van der Waals surface area (Å²) >= 11 is 1.80. The van der Waals surface area contributed by atoms with Crippen LogP contribution in [0, 0.1) is 0 Å². The summed E-state index contributed by atoms with van der Waals surface area (Å²) in [5, 5.41) is 16.9.